The molecule has 0 bridgehead atoms. The highest BCUT2D eigenvalue weighted by molar-refractivity contribution is 5.98. The Bertz CT molecular complexity index is 987. The number of ether oxygens (including phenoxy) is 1. The second-order valence-electron chi connectivity index (χ2n) is 7.56. The molecule has 0 aliphatic carbocycles. The van der Waals surface area contributed by atoms with E-state index in [0.29, 0.717) is 43.6 Å². The molecule has 0 unspecified atom stereocenters. The zero-order valence-electron chi connectivity index (χ0n) is 17.0. The molecular weight excluding hydrogens is 378 g/mol. The molecule has 6 heteroatoms. The quantitative estimate of drug-likeness (QED) is 0.589. The zero-order valence-corrected chi connectivity index (χ0v) is 17.0. The number of piperidine rings is 1. The first-order chi connectivity index (χ1) is 14.6. The summed E-state index contributed by atoms with van der Waals surface area (Å²) in [6, 6.07) is 16.8. The van der Waals surface area contributed by atoms with Gasteiger partial charge in [0.25, 0.3) is 5.91 Å². The fourth-order valence-corrected chi connectivity index (χ4v) is 3.85. The van der Waals surface area contributed by atoms with Crippen molar-refractivity contribution in [2.45, 2.75) is 19.4 Å². The predicted octanol–water partition coefficient (Wildman–Crippen LogP) is 3.68. The number of ketones is 1. The van der Waals surface area contributed by atoms with Crippen LogP contribution in [0.3, 0.4) is 0 Å². The van der Waals surface area contributed by atoms with Gasteiger partial charge in [0.15, 0.2) is 5.78 Å². The summed E-state index contributed by atoms with van der Waals surface area (Å²) in [5.41, 5.74) is 2.48. The van der Waals surface area contributed by atoms with E-state index in [0.717, 1.165) is 11.3 Å². The van der Waals surface area contributed by atoms with Crippen molar-refractivity contribution in [1.29, 1.82) is 0 Å². The maximum Gasteiger partial charge on any atom is 0.253 e. The van der Waals surface area contributed by atoms with E-state index >= 15 is 0 Å². The molecule has 0 N–H and O–H groups in total. The van der Waals surface area contributed by atoms with Gasteiger partial charge in [0, 0.05) is 42.5 Å². The van der Waals surface area contributed by atoms with Crippen molar-refractivity contribution in [2.75, 3.05) is 20.2 Å². The molecule has 0 atom stereocenters. The van der Waals surface area contributed by atoms with Crippen LogP contribution in [0.1, 0.15) is 39.1 Å². The number of likely N-dealkylation sites (tertiary alicyclic amines) is 1. The molecule has 1 aromatic heterocycles. The van der Waals surface area contributed by atoms with Crippen molar-refractivity contribution in [1.82, 2.24) is 14.7 Å². The molecule has 1 fully saturated rings. The third kappa shape index (κ3) is 4.43. The van der Waals surface area contributed by atoms with Gasteiger partial charge in [-0.1, -0.05) is 12.1 Å². The van der Waals surface area contributed by atoms with Gasteiger partial charge in [0.05, 0.1) is 13.7 Å². The number of amides is 1. The first-order valence-corrected chi connectivity index (χ1v) is 10.2. The normalized spacial score (nSPS) is 14.5. The predicted molar refractivity (Wildman–Crippen MR) is 114 cm³/mol. The fourth-order valence-electron chi connectivity index (χ4n) is 3.85. The second kappa shape index (κ2) is 8.95. The number of Topliss-reactive ketones (excluding diaryl/α,β-unsaturated/α-hetero) is 1. The Kier molecular flexibility index (Phi) is 5.93. The molecule has 1 amide bonds. The number of hydrogen-bond acceptors (Lipinski definition) is 4. The molecule has 0 saturated carbocycles. The molecule has 1 aliphatic rings. The summed E-state index contributed by atoms with van der Waals surface area (Å²) in [6.07, 6.45) is 5.04. The van der Waals surface area contributed by atoms with Crippen LogP contribution < -0.4 is 4.74 Å². The van der Waals surface area contributed by atoms with Crippen molar-refractivity contribution >= 4 is 11.7 Å². The monoisotopic (exact) mass is 403 g/mol. The minimum absolute atomic E-state index is 0.0241. The van der Waals surface area contributed by atoms with Crippen molar-refractivity contribution in [3.63, 3.8) is 0 Å². The van der Waals surface area contributed by atoms with Gasteiger partial charge in [-0.25, -0.2) is 0 Å². The highest BCUT2D eigenvalue weighted by Gasteiger charge is 2.28. The smallest absolute Gasteiger partial charge is 0.253 e. The average Bonchev–Trinajstić information content (AvgIpc) is 3.32. The van der Waals surface area contributed by atoms with Gasteiger partial charge in [-0.2, -0.15) is 5.10 Å². The molecule has 1 saturated heterocycles. The second-order valence-corrected chi connectivity index (χ2v) is 7.56. The first kappa shape index (κ1) is 19.9. The van der Waals surface area contributed by atoms with E-state index in [4.69, 9.17) is 4.74 Å². The molecule has 154 valence electrons. The lowest BCUT2D eigenvalue weighted by atomic mass is 9.88. The molecule has 0 spiro atoms. The van der Waals surface area contributed by atoms with E-state index in [1.165, 1.54) is 0 Å². The maximum absolute atomic E-state index is 12.9. The van der Waals surface area contributed by atoms with E-state index < -0.39 is 0 Å². The number of nitrogens with zero attached hydrogens (tertiary/aromatic N) is 3. The van der Waals surface area contributed by atoms with E-state index in [2.05, 4.69) is 5.10 Å². The van der Waals surface area contributed by atoms with Gasteiger partial charge in [-0.3, -0.25) is 14.3 Å². The number of carbonyl (C=O) groups excluding carboxylic acids is 2. The minimum Gasteiger partial charge on any atom is -0.497 e. The maximum atomic E-state index is 12.9. The standard InChI is InChI=1S/C24H25N3O3/c1-30-22-9-7-19(8-10-22)23(28)20-11-15-26(16-12-20)24(29)21-5-3-18(4-6-21)17-27-14-2-13-25-27/h2-10,13-14,20H,11-12,15-17H2,1H3. The molecule has 2 aromatic carbocycles. The lowest BCUT2D eigenvalue weighted by Gasteiger charge is -2.31. The van der Waals surface area contributed by atoms with Crippen molar-refractivity contribution in [3.8, 4) is 5.75 Å². The number of aromatic nitrogens is 2. The zero-order chi connectivity index (χ0) is 20.9. The Labute approximate surface area is 176 Å². The molecule has 1 aliphatic heterocycles. The first-order valence-electron chi connectivity index (χ1n) is 10.2. The largest absolute Gasteiger partial charge is 0.497 e. The number of benzene rings is 2. The van der Waals surface area contributed by atoms with E-state index in [1.807, 2.05) is 70.4 Å². The fraction of sp³-hybridized carbons (Fsp3) is 0.292. The van der Waals surface area contributed by atoms with Gasteiger partial charge in [0.2, 0.25) is 0 Å². The van der Waals surface area contributed by atoms with Crippen LogP contribution in [0.2, 0.25) is 0 Å². The van der Waals surface area contributed by atoms with Gasteiger partial charge in [0.1, 0.15) is 5.75 Å². The van der Waals surface area contributed by atoms with Crippen LogP contribution in [0.15, 0.2) is 67.0 Å². The summed E-state index contributed by atoms with van der Waals surface area (Å²) in [5.74, 6) is 0.866. The Morgan fingerprint density at radius 1 is 1.00 bits per heavy atom. The molecule has 2 heterocycles. The van der Waals surface area contributed by atoms with Gasteiger partial charge in [-0.05, 0) is 60.9 Å². The lowest BCUT2D eigenvalue weighted by Crippen LogP contribution is -2.40. The minimum atomic E-state index is -0.0427. The summed E-state index contributed by atoms with van der Waals surface area (Å²) in [6.45, 7) is 1.88. The van der Waals surface area contributed by atoms with Crippen LogP contribution in [0, 0.1) is 5.92 Å². The molecule has 0 radical (unpaired) electrons. The van der Waals surface area contributed by atoms with Crippen LogP contribution in [0.4, 0.5) is 0 Å². The van der Waals surface area contributed by atoms with Crippen LogP contribution in [-0.4, -0.2) is 46.6 Å². The van der Waals surface area contributed by atoms with Crippen LogP contribution in [0.25, 0.3) is 0 Å². The third-order valence-electron chi connectivity index (χ3n) is 5.63. The lowest BCUT2D eigenvalue weighted by molar-refractivity contribution is 0.0650. The summed E-state index contributed by atoms with van der Waals surface area (Å²) < 4.78 is 7.00. The van der Waals surface area contributed by atoms with E-state index in [9.17, 15) is 9.59 Å². The summed E-state index contributed by atoms with van der Waals surface area (Å²) >= 11 is 0. The SMILES string of the molecule is COc1ccc(C(=O)C2CCN(C(=O)c3ccc(Cn4cccn4)cc3)CC2)cc1. The molecule has 6 nitrogen and oxygen atoms in total. The van der Waals surface area contributed by atoms with Crippen molar-refractivity contribution in [3.05, 3.63) is 83.7 Å². The number of rotatable bonds is 6. The van der Waals surface area contributed by atoms with Crippen LogP contribution >= 0.6 is 0 Å². The Balaban J connectivity index is 1.33. The van der Waals surface area contributed by atoms with E-state index in [-0.39, 0.29) is 17.6 Å². The summed E-state index contributed by atoms with van der Waals surface area (Å²) in [5, 5.41) is 4.20. The van der Waals surface area contributed by atoms with Crippen molar-refractivity contribution in [2.24, 2.45) is 5.92 Å². The van der Waals surface area contributed by atoms with Gasteiger partial charge < -0.3 is 9.64 Å². The molecule has 4 rings (SSSR count). The Morgan fingerprint density at radius 2 is 1.67 bits per heavy atom. The summed E-state index contributed by atoms with van der Waals surface area (Å²) in [7, 11) is 1.61. The highest BCUT2D eigenvalue weighted by atomic mass is 16.5. The molecular formula is C24H25N3O3. The molecule has 30 heavy (non-hydrogen) atoms. The van der Waals surface area contributed by atoms with Gasteiger partial charge in [-0.15, -0.1) is 0 Å². The highest BCUT2D eigenvalue weighted by Crippen LogP contribution is 2.24. The van der Waals surface area contributed by atoms with Crippen LogP contribution in [-0.2, 0) is 6.54 Å². The van der Waals surface area contributed by atoms with E-state index in [1.54, 1.807) is 13.3 Å². The third-order valence-corrected chi connectivity index (χ3v) is 5.63. The van der Waals surface area contributed by atoms with Gasteiger partial charge >= 0.3 is 0 Å². The number of carbonyl (C=O) groups is 2. The Hall–Kier alpha value is -3.41. The number of methoxy groups -OCH3 is 1. The number of hydrogen-bond donors (Lipinski definition) is 0. The molecule has 3 aromatic rings. The summed E-state index contributed by atoms with van der Waals surface area (Å²) in [4.78, 5) is 27.5. The van der Waals surface area contributed by atoms with Crippen LogP contribution in [0.5, 0.6) is 5.75 Å². The van der Waals surface area contributed by atoms with Crippen molar-refractivity contribution < 1.29 is 14.3 Å². The average molecular weight is 403 g/mol. The topological polar surface area (TPSA) is 64.4 Å². The Morgan fingerprint density at radius 3 is 2.27 bits per heavy atom.